The molecule has 0 N–H and O–H groups in total. The second kappa shape index (κ2) is 8.40. The Labute approximate surface area is 139 Å². The Morgan fingerprint density at radius 1 is 1.22 bits per heavy atom. The fourth-order valence-electron chi connectivity index (χ4n) is 2.12. The molecule has 0 saturated heterocycles. The van der Waals surface area contributed by atoms with Crippen molar-refractivity contribution in [1.82, 2.24) is 4.31 Å². The van der Waals surface area contributed by atoms with E-state index in [1.807, 2.05) is 0 Å². The van der Waals surface area contributed by atoms with Crippen LogP contribution < -0.4 is 0 Å². The van der Waals surface area contributed by atoms with Crippen LogP contribution in [0, 0.1) is 5.92 Å². The Kier molecular flexibility index (Phi) is 7.86. The Balaban J connectivity index is 6.03. The van der Waals surface area contributed by atoms with Crippen molar-refractivity contribution < 1.29 is 22.7 Å². The maximum absolute atomic E-state index is 12.6. The number of esters is 1. The number of nitrogens with zero attached hydrogens (tertiary/aromatic N) is 1. The highest BCUT2D eigenvalue weighted by molar-refractivity contribution is 7.88. The van der Waals surface area contributed by atoms with E-state index in [1.54, 1.807) is 20.8 Å². The van der Waals surface area contributed by atoms with E-state index < -0.39 is 33.6 Å². The summed E-state index contributed by atoms with van der Waals surface area (Å²) in [5, 5.41) is 0. The van der Waals surface area contributed by atoms with E-state index in [1.165, 1.54) is 19.1 Å². The van der Waals surface area contributed by atoms with Crippen LogP contribution in [0.25, 0.3) is 0 Å². The van der Waals surface area contributed by atoms with Gasteiger partial charge in [-0.3, -0.25) is 9.59 Å². The van der Waals surface area contributed by atoms with Gasteiger partial charge in [0, 0.05) is 12.5 Å². The Morgan fingerprint density at radius 3 is 2.04 bits per heavy atom. The molecule has 0 bridgehead atoms. The molecule has 0 radical (unpaired) electrons. The lowest BCUT2D eigenvalue weighted by Crippen LogP contribution is -2.52. The van der Waals surface area contributed by atoms with Gasteiger partial charge in [-0.25, -0.2) is 8.42 Å². The maximum atomic E-state index is 12.6. The normalized spacial score (nSPS) is 14.9. The van der Waals surface area contributed by atoms with E-state index in [2.05, 4.69) is 13.2 Å². The van der Waals surface area contributed by atoms with Gasteiger partial charge in [0.25, 0.3) is 0 Å². The van der Waals surface area contributed by atoms with Crippen LogP contribution in [0.15, 0.2) is 25.3 Å². The lowest BCUT2D eigenvalue weighted by molar-refractivity contribution is -0.162. The first kappa shape index (κ1) is 21.5. The first-order valence-electron chi connectivity index (χ1n) is 7.27. The highest BCUT2D eigenvalue weighted by Crippen LogP contribution is 2.23. The number of ketones is 1. The second-order valence-corrected chi connectivity index (χ2v) is 8.28. The molecule has 0 heterocycles. The summed E-state index contributed by atoms with van der Waals surface area (Å²) < 4.78 is 30.5. The largest absolute Gasteiger partial charge is 0.459 e. The minimum atomic E-state index is -3.75. The van der Waals surface area contributed by atoms with Crippen molar-refractivity contribution in [2.75, 3.05) is 12.8 Å². The smallest absolute Gasteiger partial charge is 0.325 e. The number of hydrogen-bond donors (Lipinski definition) is 0. The lowest BCUT2D eigenvalue weighted by Gasteiger charge is -2.33. The molecule has 2 unspecified atom stereocenters. The molecule has 132 valence electrons. The number of sulfonamides is 1. The molecule has 0 amide bonds. The quantitative estimate of drug-likeness (QED) is 0.471. The maximum Gasteiger partial charge on any atom is 0.325 e. The predicted molar refractivity (Wildman–Crippen MR) is 90.4 cm³/mol. The van der Waals surface area contributed by atoms with Crippen molar-refractivity contribution in [3.05, 3.63) is 25.3 Å². The van der Waals surface area contributed by atoms with E-state index in [9.17, 15) is 18.0 Å². The average molecular weight is 345 g/mol. The first-order valence-corrected chi connectivity index (χ1v) is 9.12. The number of carbonyl (C=O) groups is 2. The zero-order valence-electron chi connectivity index (χ0n) is 14.5. The van der Waals surface area contributed by atoms with Crippen molar-refractivity contribution in [2.24, 2.45) is 5.92 Å². The van der Waals surface area contributed by atoms with Gasteiger partial charge < -0.3 is 4.74 Å². The Morgan fingerprint density at radius 2 is 1.74 bits per heavy atom. The molecule has 0 spiro atoms. The third kappa shape index (κ3) is 7.09. The summed E-state index contributed by atoms with van der Waals surface area (Å²) in [7, 11) is -3.75. The van der Waals surface area contributed by atoms with Gasteiger partial charge in [0.1, 0.15) is 17.4 Å². The molecule has 0 fully saturated rings. The van der Waals surface area contributed by atoms with E-state index in [4.69, 9.17) is 4.74 Å². The summed E-state index contributed by atoms with van der Waals surface area (Å²) in [5.41, 5.74) is -0.803. The summed E-state index contributed by atoms with van der Waals surface area (Å²) in [5.74, 6) is -1.93. The molecule has 0 aliphatic heterocycles. The van der Waals surface area contributed by atoms with Crippen molar-refractivity contribution >= 4 is 21.8 Å². The summed E-state index contributed by atoms with van der Waals surface area (Å²) in [4.78, 5) is 24.6. The summed E-state index contributed by atoms with van der Waals surface area (Å²) in [6.07, 6.45) is 4.00. The molecule has 0 aromatic rings. The van der Waals surface area contributed by atoms with Gasteiger partial charge in [-0.15, -0.1) is 13.2 Å². The number of hydrogen-bond acceptors (Lipinski definition) is 5. The molecule has 2 atom stereocenters. The number of Topliss-reactive ketones (excluding diaryl/α,β-unsaturated/α-hetero) is 1. The topological polar surface area (TPSA) is 80.8 Å². The van der Waals surface area contributed by atoms with Crippen molar-refractivity contribution in [1.29, 1.82) is 0 Å². The number of allylic oxidation sites excluding steroid dienone is 1. The zero-order valence-corrected chi connectivity index (χ0v) is 15.4. The van der Waals surface area contributed by atoms with Gasteiger partial charge >= 0.3 is 5.97 Å². The molecule has 0 aliphatic rings. The Hall–Kier alpha value is -1.47. The second-order valence-electron chi connectivity index (χ2n) is 6.34. The zero-order chi connectivity index (χ0) is 18.4. The molecule has 0 aromatic heterocycles. The van der Waals surface area contributed by atoms with Gasteiger partial charge in [0.2, 0.25) is 10.0 Å². The average Bonchev–Trinajstić information content (AvgIpc) is 2.33. The van der Waals surface area contributed by atoms with E-state index in [0.29, 0.717) is 0 Å². The van der Waals surface area contributed by atoms with Gasteiger partial charge in [0.05, 0.1) is 6.26 Å². The minimum Gasteiger partial charge on any atom is -0.459 e. The van der Waals surface area contributed by atoms with Crippen molar-refractivity contribution in [3.63, 3.8) is 0 Å². The standard InChI is InChI=1S/C16H27NO5S/c1-8-10-13(12(3)18)14(15(19)22-16(4,5)6)17(11-9-2)23(7,20)21/h8-9,13-14H,1-2,10-11H2,3-7H3. The molecular weight excluding hydrogens is 318 g/mol. The number of carbonyl (C=O) groups excluding carboxylic acids is 2. The van der Waals surface area contributed by atoms with Gasteiger partial charge in [-0.1, -0.05) is 12.2 Å². The van der Waals surface area contributed by atoms with E-state index in [0.717, 1.165) is 10.6 Å². The number of rotatable bonds is 9. The highest BCUT2D eigenvalue weighted by atomic mass is 32.2. The van der Waals surface area contributed by atoms with Crippen LogP contribution in [0.4, 0.5) is 0 Å². The van der Waals surface area contributed by atoms with Gasteiger partial charge in [-0.2, -0.15) is 4.31 Å². The van der Waals surface area contributed by atoms with Crippen LogP contribution in [-0.2, 0) is 24.3 Å². The van der Waals surface area contributed by atoms with Crippen molar-refractivity contribution in [2.45, 2.75) is 45.8 Å². The van der Waals surface area contributed by atoms with E-state index >= 15 is 0 Å². The highest BCUT2D eigenvalue weighted by Gasteiger charge is 2.41. The summed E-state index contributed by atoms with van der Waals surface area (Å²) >= 11 is 0. The first-order chi connectivity index (χ1) is 10.3. The molecule has 0 aliphatic carbocycles. The Bertz CT molecular complexity index is 560. The van der Waals surface area contributed by atoms with Crippen LogP contribution in [0.2, 0.25) is 0 Å². The predicted octanol–water partition coefficient (Wildman–Crippen LogP) is 1.93. The van der Waals surface area contributed by atoms with Gasteiger partial charge in [-0.05, 0) is 34.1 Å². The molecule has 0 aromatic carbocycles. The monoisotopic (exact) mass is 345 g/mol. The molecule has 6 nitrogen and oxygen atoms in total. The van der Waals surface area contributed by atoms with Crippen LogP contribution in [0.5, 0.6) is 0 Å². The summed E-state index contributed by atoms with van der Waals surface area (Å²) in [6.45, 7) is 13.3. The molecule has 7 heteroatoms. The third-order valence-electron chi connectivity index (χ3n) is 3.02. The van der Waals surface area contributed by atoms with Crippen molar-refractivity contribution in [3.8, 4) is 0 Å². The number of ether oxygens (including phenoxy) is 1. The summed E-state index contributed by atoms with van der Waals surface area (Å²) in [6, 6.07) is -1.25. The minimum absolute atomic E-state index is 0.0936. The third-order valence-corrected chi connectivity index (χ3v) is 4.25. The van der Waals surface area contributed by atoms with Crippen LogP contribution in [-0.4, -0.2) is 48.9 Å². The molecular formula is C16H27NO5S. The fourth-order valence-corrected chi connectivity index (χ4v) is 3.15. The molecule has 0 rings (SSSR count). The SMILES string of the molecule is C=CCC(C(C)=O)C(C(=O)OC(C)(C)C)N(CC=C)S(C)(=O)=O. The van der Waals surface area contributed by atoms with E-state index in [-0.39, 0.29) is 18.7 Å². The fraction of sp³-hybridized carbons (Fsp3) is 0.625. The van der Waals surface area contributed by atoms with Crippen LogP contribution in [0.1, 0.15) is 34.1 Å². The molecule has 0 saturated carbocycles. The van der Waals surface area contributed by atoms with Crippen LogP contribution >= 0.6 is 0 Å². The lowest BCUT2D eigenvalue weighted by atomic mass is 9.92. The van der Waals surface area contributed by atoms with Crippen LogP contribution in [0.3, 0.4) is 0 Å². The van der Waals surface area contributed by atoms with Gasteiger partial charge in [0.15, 0.2) is 0 Å². The molecule has 23 heavy (non-hydrogen) atoms.